The van der Waals surface area contributed by atoms with Crippen LogP contribution in [-0.4, -0.2) is 6.85 Å². The first kappa shape index (κ1) is 40.4. The molecule has 0 radical (unpaired) electrons. The Morgan fingerprint density at radius 1 is 0.409 bits per heavy atom. The van der Waals surface area contributed by atoms with Gasteiger partial charge in [0.2, 0.25) is 0 Å². The summed E-state index contributed by atoms with van der Waals surface area (Å²) in [5, 5.41) is 2.49. The molecule has 3 heteroatoms. The number of fused-ring (bicyclic) bond motifs is 6. The maximum atomic E-state index is 2.69. The van der Waals surface area contributed by atoms with Crippen LogP contribution in [0.15, 0.2) is 182 Å². The summed E-state index contributed by atoms with van der Waals surface area (Å²) < 4.78 is 0. The van der Waals surface area contributed by atoms with Crippen LogP contribution in [0.1, 0.15) is 68.4 Å². The van der Waals surface area contributed by atoms with Gasteiger partial charge in [-0.2, -0.15) is 0 Å². The molecule has 0 N–H and O–H groups in total. The van der Waals surface area contributed by atoms with Gasteiger partial charge in [0.15, 0.2) is 0 Å². The Kier molecular flexibility index (Phi) is 9.17. The summed E-state index contributed by atoms with van der Waals surface area (Å²) in [6.45, 7) is 16.6. The lowest BCUT2D eigenvalue weighted by Gasteiger charge is -2.49. The highest BCUT2D eigenvalue weighted by molar-refractivity contribution is 6.93. The first-order valence-corrected chi connectivity index (χ1v) is 23.8. The molecule has 0 unspecified atom stereocenters. The van der Waals surface area contributed by atoms with Gasteiger partial charge in [-0.15, -0.1) is 0 Å². The third kappa shape index (κ3) is 6.31. The van der Waals surface area contributed by atoms with E-state index in [-0.39, 0.29) is 17.7 Å². The highest BCUT2D eigenvalue weighted by Crippen LogP contribution is 2.53. The molecular formula is C63H55BN2. The molecule has 66 heavy (non-hydrogen) atoms. The predicted molar refractivity (Wildman–Crippen MR) is 283 cm³/mol. The van der Waals surface area contributed by atoms with Gasteiger partial charge in [0, 0.05) is 34.0 Å². The highest BCUT2D eigenvalue weighted by atomic mass is 15.2. The van der Waals surface area contributed by atoms with Gasteiger partial charge in [-0.25, -0.2) is 0 Å². The van der Waals surface area contributed by atoms with Crippen LogP contribution in [0, 0.1) is 20.8 Å². The maximum Gasteiger partial charge on any atom is 0.333 e. The number of benzene rings is 9. The molecule has 2 nitrogen and oxygen atoms in total. The monoisotopic (exact) mass is 850 g/mol. The van der Waals surface area contributed by atoms with Crippen molar-refractivity contribution in [2.24, 2.45) is 0 Å². The molecule has 0 saturated heterocycles. The third-order valence-corrected chi connectivity index (χ3v) is 15.5. The number of hydrogen-bond acceptors (Lipinski definition) is 2. The van der Waals surface area contributed by atoms with Gasteiger partial charge in [-0.05, 0) is 181 Å². The Bertz CT molecular complexity index is 3380. The Morgan fingerprint density at radius 2 is 0.970 bits per heavy atom. The SMILES string of the molecule is Cc1ccc(-c2ccccc2)cc1N1c2cc3c(cc2B2c4c(cc(-c5c(C)cccc5C)cc41)-c1cc4ccccc4cc1N2c1ccc(-c2ccccc2)cc1)C(C)(C)CCC3(C)C. The summed E-state index contributed by atoms with van der Waals surface area (Å²) in [5.41, 5.74) is 25.7. The molecule has 320 valence electrons. The van der Waals surface area contributed by atoms with Crippen LogP contribution in [0.3, 0.4) is 0 Å². The van der Waals surface area contributed by atoms with E-state index in [2.05, 4.69) is 240 Å². The van der Waals surface area contributed by atoms with Crippen molar-refractivity contribution in [1.29, 1.82) is 0 Å². The molecule has 3 aliphatic rings. The summed E-state index contributed by atoms with van der Waals surface area (Å²) in [7, 11) is 0. The average Bonchev–Trinajstić information content (AvgIpc) is 3.33. The summed E-state index contributed by atoms with van der Waals surface area (Å²) in [5.74, 6) is 0. The molecule has 0 aromatic heterocycles. The zero-order valence-electron chi connectivity index (χ0n) is 39.2. The second-order valence-electron chi connectivity index (χ2n) is 20.6. The second-order valence-corrected chi connectivity index (χ2v) is 20.6. The lowest BCUT2D eigenvalue weighted by atomic mass is 9.42. The van der Waals surface area contributed by atoms with E-state index in [1.54, 1.807) is 0 Å². The molecule has 2 aliphatic heterocycles. The van der Waals surface area contributed by atoms with Crippen LogP contribution < -0.4 is 20.6 Å². The van der Waals surface area contributed by atoms with Gasteiger partial charge in [0.1, 0.15) is 0 Å². The van der Waals surface area contributed by atoms with Crippen LogP contribution in [0.25, 0.3) is 55.3 Å². The maximum absolute atomic E-state index is 2.69. The van der Waals surface area contributed by atoms with Crippen molar-refractivity contribution in [3.05, 3.63) is 210 Å². The van der Waals surface area contributed by atoms with Gasteiger partial charge in [-0.1, -0.05) is 161 Å². The summed E-state index contributed by atoms with van der Waals surface area (Å²) >= 11 is 0. The van der Waals surface area contributed by atoms with Gasteiger partial charge >= 0.3 is 6.85 Å². The molecule has 0 spiro atoms. The van der Waals surface area contributed by atoms with Crippen molar-refractivity contribution in [2.45, 2.75) is 72.1 Å². The fourth-order valence-corrected chi connectivity index (χ4v) is 11.8. The lowest BCUT2D eigenvalue weighted by Crippen LogP contribution is -2.62. The summed E-state index contributed by atoms with van der Waals surface area (Å²) in [6.07, 6.45) is 2.30. The topological polar surface area (TPSA) is 6.48 Å². The quantitative estimate of drug-likeness (QED) is 0.159. The molecule has 12 rings (SSSR count). The van der Waals surface area contributed by atoms with Crippen LogP contribution in [0.4, 0.5) is 28.4 Å². The zero-order valence-corrected chi connectivity index (χ0v) is 39.2. The summed E-state index contributed by atoms with van der Waals surface area (Å²) in [4.78, 5) is 5.36. The first-order chi connectivity index (χ1) is 31.9. The predicted octanol–water partition coefficient (Wildman–Crippen LogP) is 15.8. The standard InChI is InChI=1S/C63H55BN2/c1-40-25-26-48(44-21-12-9-13-22-44)35-56(40)65-58-39-54-53(62(4,5)31-32-63(54,6)7)38-55(58)64-61-52(34-49(37-59(61)65)60-41(2)17-16-18-42(60)3)51-33-46-23-14-15-24-47(46)36-57(51)66(64)50-29-27-45(28-30-50)43-19-10-8-11-20-43/h8-30,33-39H,31-32H2,1-7H3. The molecule has 9 aromatic carbocycles. The minimum absolute atomic E-state index is 0.0169. The molecule has 0 atom stereocenters. The lowest BCUT2D eigenvalue weighted by molar-refractivity contribution is 0.332. The average molecular weight is 851 g/mol. The van der Waals surface area contributed by atoms with Crippen molar-refractivity contribution in [3.8, 4) is 44.5 Å². The van der Waals surface area contributed by atoms with Crippen molar-refractivity contribution in [2.75, 3.05) is 9.71 Å². The number of nitrogens with zero attached hydrogens (tertiary/aromatic N) is 2. The minimum Gasteiger partial charge on any atom is -0.376 e. The van der Waals surface area contributed by atoms with Crippen LogP contribution >= 0.6 is 0 Å². The number of rotatable bonds is 5. The highest BCUT2D eigenvalue weighted by Gasteiger charge is 2.48. The normalized spacial score (nSPS) is 15.2. The van der Waals surface area contributed by atoms with Crippen LogP contribution in [0.5, 0.6) is 0 Å². The Balaban J connectivity index is 1.23. The van der Waals surface area contributed by atoms with E-state index in [4.69, 9.17) is 0 Å². The fraction of sp³-hybridized carbons (Fsp3) is 0.175. The Hall–Kier alpha value is -7.10. The van der Waals surface area contributed by atoms with Gasteiger partial charge in [-0.3, -0.25) is 0 Å². The van der Waals surface area contributed by atoms with E-state index in [0.29, 0.717) is 0 Å². The van der Waals surface area contributed by atoms with Gasteiger partial charge < -0.3 is 9.71 Å². The zero-order chi connectivity index (χ0) is 45.1. The van der Waals surface area contributed by atoms with Crippen LogP contribution in [-0.2, 0) is 10.8 Å². The largest absolute Gasteiger partial charge is 0.376 e. The van der Waals surface area contributed by atoms with Crippen molar-refractivity contribution >= 4 is 57.0 Å². The van der Waals surface area contributed by atoms with E-state index in [1.165, 1.54) is 122 Å². The van der Waals surface area contributed by atoms with E-state index in [0.717, 1.165) is 12.8 Å². The molecule has 2 heterocycles. The second kappa shape index (κ2) is 15.0. The van der Waals surface area contributed by atoms with Crippen molar-refractivity contribution in [3.63, 3.8) is 0 Å². The molecular weight excluding hydrogens is 796 g/mol. The number of aryl methyl sites for hydroxylation is 3. The molecule has 0 bridgehead atoms. The van der Waals surface area contributed by atoms with E-state index in [9.17, 15) is 0 Å². The van der Waals surface area contributed by atoms with Crippen molar-refractivity contribution < 1.29 is 0 Å². The third-order valence-electron chi connectivity index (χ3n) is 15.5. The van der Waals surface area contributed by atoms with E-state index >= 15 is 0 Å². The summed E-state index contributed by atoms with van der Waals surface area (Å²) in [6, 6.07) is 69.0. The molecule has 1 aliphatic carbocycles. The van der Waals surface area contributed by atoms with E-state index in [1.807, 2.05) is 0 Å². The fourth-order valence-electron chi connectivity index (χ4n) is 11.8. The molecule has 0 fully saturated rings. The van der Waals surface area contributed by atoms with Gasteiger partial charge in [0.05, 0.1) is 0 Å². The van der Waals surface area contributed by atoms with Gasteiger partial charge in [0.25, 0.3) is 0 Å². The smallest absolute Gasteiger partial charge is 0.333 e. The molecule has 9 aromatic rings. The Morgan fingerprint density at radius 3 is 1.64 bits per heavy atom. The number of anilines is 5. The Labute approximate surface area is 391 Å². The van der Waals surface area contributed by atoms with Crippen molar-refractivity contribution in [1.82, 2.24) is 0 Å². The van der Waals surface area contributed by atoms with E-state index < -0.39 is 0 Å². The molecule has 0 saturated carbocycles. The van der Waals surface area contributed by atoms with Crippen LogP contribution in [0.2, 0.25) is 0 Å². The molecule has 0 amide bonds. The number of hydrogen-bond donors (Lipinski definition) is 0. The minimum atomic E-state index is -0.103. The first-order valence-electron chi connectivity index (χ1n) is 23.8.